The zero-order valence-electron chi connectivity index (χ0n) is 22.4. The van der Waals surface area contributed by atoms with Gasteiger partial charge in [-0.05, 0) is 43.7 Å². The van der Waals surface area contributed by atoms with Crippen LogP contribution in [0.15, 0.2) is 97.2 Å². The Balaban J connectivity index is 1.51. The zero-order valence-corrected chi connectivity index (χ0v) is 22.4. The molecule has 40 heavy (non-hydrogen) atoms. The Hall–Kier alpha value is -4.56. The highest BCUT2D eigenvalue weighted by Crippen LogP contribution is 2.52. The van der Waals surface area contributed by atoms with Crippen molar-refractivity contribution < 1.29 is 19.1 Å². The maximum absolute atomic E-state index is 14.2. The number of benzene rings is 3. The highest BCUT2D eigenvalue weighted by atomic mass is 16.5. The number of carbonyl (C=O) groups is 3. The van der Waals surface area contributed by atoms with Gasteiger partial charge in [0.2, 0.25) is 11.8 Å². The number of imide groups is 1. The molecule has 3 heterocycles. The Bertz CT molecular complexity index is 1540. The molecule has 4 atom stereocenters. The fourth-order valence-corrected chi connectivity index (χ4v) is 6.14. The van der Waals surface area contributed by atoms with Crippen molar-refractivity contribution in [2.24, 2.45) is 11.8 Å². The van der Waals surface area contributed by atoms with Crippen LogP contribution in [0.4, 0.5) is 5.69 Å². The fourth-order valence-electron chi connectivity index (χ4n) is 6.14. The average molecular weight is 535 g/mol. The smallest absolute Gasteiger partial charge is 0.324 e. The molecule has 4 aromatic rings. The Morgan fingerprint density at radius 1 is 0.825 bits per heavy atom. The molecule has 6 rings (SSSR count). The molecule has 0 unspecified atom stereocenters. The molecule has 2 fully saturated rings. The van der Waals surface area contributed by atoms with Crippen LogP contribution in [0.2, 0.25) is 0 Å². The summed E-state index contributed by atoms with van der Waals surface area (Å²) in [5.41, 5.74) is 3.88. The van der Waals surface area contributed by atoms with Crippen molar-refractivity contribution in [3.05, 3.63) is 114 Å². The van der Waals surface area contributed by atoms with E-state index in [4.69, 9.17) is 9.84 Å². The first kappa shape index (κ1) is 25.7. The second-order valence-corrected chi connectivity index (χ2v) is 10.1. The van der Waals surface area contributed by atoms with E-state index in [1.807, 2.05) is 84.8 Å². The van der Waals surface area contributed by atoms with Crippen LogP contribution in [0.1, 0.15) is 29.8 Å². The number of nitrogens with zero attached hydrogens (tertiary/aromatic N) is 4. The molecule has 2 saturated heterocycles. The van der Waals surface area contributed by atoms with Crippen LogP contribution in [0.25, 0.3) is 5.69 Å². The number of ether oxygens (including phenoxy) is 1. The monoisotopic (exact) mass is 534 g/mol. The molecule has 0 N–H and O–H groups in total. The number of hydrogen-bond donors (Lipinski definition) is 0. The molecule has 0 aliphatic carbocycles. The van der Waals surface area contributed by atoms with Gasteiger partial charge < -0.3 is 4.74 Å². The molecule has 8 nitrogen and oxygen atoms in total. The lowest BCUT2D eigenvalue weighted by Gasteiger charge is -2.32. The molecule has 8 heteroatoms. The number of amides is 2. The summed E-state index contributed by atoms with van der Waals surface area (Å²) in [4.78, 5) is 45.1. The molecular formula is C32H30N4O4. The van der Waals surface area contributed by atoms with Gasteiger partial charge in [0.05, 0.1) is 41.6 Å². The number of aryl methyl sites for hydroxylation is 1. The summed E-state index contributed by atoms with van der Waals surface area (Å²) in [6, 6.07) is 26.9. The van der Waals surface area contributed by atoms with E-state index >= 15 is 0 Å². The number of anilines is 1. The summed E-state index contributed by atoms with van der Waals surface area (Å²) >= 11 is 0. The van der Waals surface area contributed by atoms with Gasteiger partial charge >= 0.3 is 5.97 Å². The summed E-state index contributed by atoms with van der Waals surface area (Å²) < 4.78 is 7.32. The molecule has 202 valence electrons. The van der Waals surface area contributed by atoms with Gasteiger partial charge in [0.25, 0.3) is 0 Å². The fraction of sp³-hybridized carbons (Fsp3) is 0.250. The summed E-state index contributed by atoms with van der Waals surface area (Å²) in [6.07, 6.45) is 1.92. The number of hydrogen-bond acceptors (Lipinski definition) is 6. The molecule has 0 bridgehead atoms. The summed E-state index contributed by atoms with van der Waals surface area (Å²) in [5, 5.41) is 4.77. The highest BCUT2D eigenvalue weighted by Gasteiger charge is 2.65. The Labute approximate surface area is 232 Å². The van der Waals surface area contributed by atoms with Crippen LogP contribution in [0.5, 0.6) is 0 Å². The van der Waals surface area contributed by atoms with Crippen LogP contribution < -0.4 is 4.90 Å². The van der Waals surface area contributed by atoms with E-state index < -0.39 is 29.9 Å². The molecule has 2 aliphatic rings. The summed E-state index contributed by atoms with van der Waals surface area (Å²) in [5.74, 6) is -2.87. The van der Waals surface area contributed by atoms with Crippen LogP contribution >= 0.6 is 0 Å². The van der Waals surface area contributed by atoms with E-state index in [0.29, 0.717) is 12.2 Å². The van der Waals surface area contributed by atoms with E-state index in [2.05, 4.69) is 0 Å². The molecule has 3 aromatic carbocycles. The number of fused-ring (bicyclic) bond motifs is 1. The Morgan fingerprint density at radius 2 is 1.40 bits per heavy atom. The lowest BCUT2D eigenvalue weighted by Crippen LogP contribution is -2.46. The molecule has 2 amide bonds. The second kappa shape index (κ2) is 10.5. The first-order valence-corrected chi connectivity index (χ1v) is 13.5. The van der Waals surface area contributed by atoms with Gasteiger partial charge in [0, 0.05) is 18.3 Å². The minimum Gasteiger partial charge on any atom is -0.465 e. The minimum absolute atomic E-state index is 0.173. The predicted molar refractivity (Wildman–Crippen MR) is 149 cm³/mol. The van der Waals surface area contributed by atoms with Crippen LogP contribution in [-0.4, -0.2) is 45.1 Å². The van der Waals surface area contributed by atoms with E-state index in [0.717, 1.165) is 22.5 Å². The van der Waals surface area contributed by atoms with E-state index in [9.17, 15) is 14.4 Å². The van der Waals surface area contributed by atoms with Crippen LogP contribution in [0, 0.1) is 18.8 Å². The van der Waals surface area contributed by atoms with Crippen LogP contribution in [0.3, 0.4) is 0 Å². The third kappa shape index (κ3) is 4.30. The first-order chi connectivity index (χ1) is 19.5. The molecule has 2 aliphatic heterocycles. The summed E-state index contributed by atoms with van der Waals surface area (Å²) in [7, 11) is 0. The predicted octanol–water partition coefficient (Wildman–Crippen LogP) is 4.48. The van der Waals surface area contributed by atoms with Crippen molar-refractivity contribution in [3.8, 4) is 5.69 Å². The number of esters is 1. The SMILES string of the molecule is CCOC(=O)[C@H]1[C@@H]2C(=O)N(c3ccccc3)C(=O)[C@@H]2[C@H](c2cn(-c3ccccc3)nc2C)N1Cc1ccccc1. The largest absolute Gasteiger partial charge is 0.465 e. The molecular weight excluding hydrogens is 504 g/mol. The van der Waals surface area contributed by atoms with Crippen molar-refractivity contribution in [1.29, 1.82) is 0 Å². The van der Waals surface area contributed by atoms with E-state index in [1.54, 1.807) is 35.9 Å². The maximum Gasteiger partial charge on any atom is 0.324 e. The minimum atomic E-state index is -0.931. The lowest BCUT2D eigenvalue weighted by atomic mass is 9.86. The van der Waals surface area contributed by atoms with Gasteiger partial charge in [-0.25, -0.2) is 9.58 Å². The topological polar surface area (TPSA) is 84.7 Å². The van der Waals surface area contributed by atoms with E-state index in [1.165, 1.54) is 4.90 Å². The number of carbonyl (C=O) groups excluding carboxylic acids is 3. The number of likely N-dealkylation sites (tertiary alicyclic amines) is 1. The quantitative estimate of drug-likeness (QED) is 0.257. The van der Waals surface area contributed by atoms with Gasteiger partial charge in [-0.2, -0.15) is 5.10 Å². The van der Waals surface area contributed by atoms with Gasteiger partial charge in [-0.15, -0.1) is 0 Å². The summed E-state index contributed by atoms with van der Waals surface area (Å²) in [6.45, 7) is 4.18. The Morgan fingerprint density at radius 3 is 2.02 bits per heavy atom. The second-order valence-electron chi connectivity index (χ2n) is 10.1. The van der Waals surface area contributed by atoms with Crippen molar-refractivity contribution in [1.82, 2.24) is 14.7 Å². The molecule has 1 aromatic heterocycles. The first-order valence-electron chi connectivity index (χ1n) is 13.5. The van der Waals surface area contributed by atoms with Crippen molar-refractivity contribution in [2.75, 3.05) is 11.5 Å². The van der Waals surface area contributed by atoms with Crippen LogP contribution in [-0.2, 0) is 25.7 Å². The van der Waals surface area contributed by atoms with Gasteiger partial charge in [0.1, 0.15) is 6.04 Å². The van der Waals surface area contributed by atoms with Crippen molar-refractivity contribution >= 4 is 23.5 Å². The normalized spacial score (nSPS) is 22.5. The standard InChI is InChI=1S/C32H30N4O4/c1-3-40-32(39)29-27-26(30(37)36(31(27)38)24-17-11-6-12-18-24)28(34(29)19-22-13-7-4-8-14-22)25-20-35(33-21(25)2)23-15-9-5-10-16-23/h4-18,20,26-29H,3,19H2,1-2H3/t26-,27+,28-,29+/m0/s1. The molecule has 0 saturated carbocycles. The average Bonchev–Trinajstić information content (AvgIpc) is 3.60. The molecule has 0 radical (unpaired) electrons. The highest BCUT2D eigenvalue weighted by molar-refractivity contribution is 6.23. The van der Waals surface area contributed by atoms with E-state index in [-0.39, 0.29) is 18.4 Å². The number of rotatable bonds is 7. The van der Waals surface area contributed by atoms with Gasteiger partial charge in [0.15, 0.2) is 0 Å². The third-order valence-corrected chi connectivity index (χ3v) is 7.82. The number of para-hydroxylation sites is 2. The third-order valence-electron chi connectivity index (χ3n) is 7.82. The lowest BCUT2D eigenvalue weighted by molar-refractivity contribution is -0.152. The Kier molecular flexibility index (Phi) is 6.77. The maximum atomic E-state index is 14.2. The van der Waals surface area contributed by atoms with Crippen molar-refractivity contribution in [2.45, 2.75) is 32.5 Å². The molecule has 0 spiro atoms. The van der Waals surface area contributed by atoms with Gasteiger partial charge in [-0.1, -0.05) is 66.7 Å². The van der Waals surface area contributed by atoms with Gasteiger partial charge in [-0.3, -0.25) is 19.3 Å². The van der Waals surface area contributed by atoms with Crippen molar-refractivity contribution in [3.63, 3.8) is 0 Å². The zero-order chi connectivity index (χ0) is 27.8. The number of aromatic nitrogens is 2.